The van der Waals surface area contributed by atoms with Crippen LogP contribution in [0.15, 0.2) is 70.8 Å². The molecule has 130 valence electrons. The predicted octanol–water partition coefficient (Wildman–Crippen LogP) is 3.53. The quantitative estimate of drug-likeness (QED) is 0.661. The molecule has 5 nitrogen and oxygen atoms in total. The zero-order valence-corrected chi connectivity index (χ0v) is 15.8. The zero-order chi connectivity index (χ0) is 17.8. The number of para-hydroxylation sites is 2. The van der Waals surface area contributed by atoms with E-state index in [4.69, 9.17) is 4.99 Å². The molecule has 0 aliphatic carbocycles. The van der Waals surface area contributed by atoms with Gasteiger partial charge in [-0.2, -0.15) is 0 Å². The molecule has 2 aromatic carbocycles. The van der Waals surface area contributed by atoms with Gasteiger partial charge in [0.1, 0.15) is 0 Å². The Morgan fingerprint density at radius 3 is 2.08 bits per heavy atom. The Bertz CT molecular complexity index is 947. The third-order valence-corrected chi connectivity index (χ3v) is 4.73. The average Bonchev–Trinajstić information content (AvgIpc) is 2.94. The van der Waals surface area contributed by atoms with E-state index in [1.54, 1.807) is 11.5 Å². The molecule has 25 heavy (non-hydrogen) atoms. The van der Waals surface area contributed by atoms with Crippen LogP contribution in [0.4, 0.5) is 5.69 Å². The van der Waals surface area contributed by atoms with Gasteiger partial charge in [-0.05, 0) is 49.6 Å². The lowest BCUT2D eigenvalue weighted by atomic mass is 10.3. The highest BCUT2D eigenvalue weighted by molar-refractivity contribution is 7.03. The van der Waals surface area contributed by atoms with Crippen LogP contribution in [0.25, 0.3) is 5.69 Å². The molecule has 0 unspecified atom stereocenters. The number of hydrogen-bond donors (Lipinski definition) is 0. The molecule has 1 aromatic heterocycles. The SMILES string of the molecule is CC(C)n1s/c(=N\N(C)C)n(-c2ccccc2)c1=Nc1ccccc1. The Morgan fingerprint density at radius 2 is 1.52 bits per heavy atom. The summed E-state index contributed by atoms with van der Waals surface area (Å²) in [5.74, 6) is 0. The first kappa shape index (κ1) is 17.2. The first-order chi connectivity index (χ1) is 12.1. The summed E-state index contributed by atoms with van der Waals surface area (Å²) in [5, 5.41) is 6.50. The van der Waals surface area contributed by atoms with Gasteiger partial charge in [0.2, 0.25) is 10.4 Å². The van der Waals surface area contributed by atoms with Gasteiger partial charge in [-0.1, -0.05) is 36.4 Å². The maximum absolute atomic E-state index is 4.92. The number of rotatable bonds is 4. The van der Waals surface area contributed by atoms with Crippen molar-refractivity contribution in [2.24, 2.45) is 10.1 Å². The molecule has 3 rings (SSSR count). The number of hydrogen-bond acceptors (Lipinski definition) is 4. The van der Waals surface area contributed by atoms with Gasteiger partial charge < -0.3 is 5.01 Å². The van der Waals surface area contributed by atoms with Crippen molar-refractivity contribution in [2.45, 2.75) is 19.9 Å². The summed E-state index contributed by atoms with van der Waals surface area (Å²) in [6, 6.07) is 20.6. The highest BCUT2D eigenvalue weighted by Crippen LogP contribution is 2.12. The summed E-state index contributed by atoms with van der Waals surface area (Å²) in [5.41, 5.74) is 2.85. The predicted molar refractivity (Wildman–Crippen MR) is 103 cm³/mol. The van der Waals surface area contributed by atoms with Gasteiger partial charge >= 0.3 is 0 Å². The Labute approximate surface area is 152 Å². The summed E-state index contributed by atoms with van der Waals surface area (Å²) in [4.78, 5) is 5.81. The maximum atomic E-state index is 4.92. The fourth-order valence-corrected chi connectivity index (χ4v) is 3.50. The van der Waals surface area contributed by atoms with Gasteiger partial charge in [-0.15, -0.1) is 5.10 Å². The first-order valence-electron chi connectivity index (χ1n) is 8.28. The van der Waals surface area contributed by atoms with Crippen LogP contribution in [0.3, 0.4) is 0 Å². The fourth-order valence-electron chi connectivity index (χ4n) is 2.44. The van der Waals surface area contributed by atoms with E-state index in [1.165, 1.54) is 0 Å². The third-order valence-electron chi connectivity index (χ3n) is 3.52. The molecule has 6 heteroatoms. The lowest BCUT2D eigenvalue weighted by Gasteiger charge is -2.07. The van der Waals surface area contributed by atoms with E-state index >= 15 is 0 Å². The lowest BCUT2D eigenvalue weighted by Crippen LogP contribution is -2.30. The standard InChI is InChI=1S/C19H23N5S/c1-15(2)24-18(20-16-11-7-5-8-12-16)23(17-13-9-6-10-14-17)19(25-24)21-22(3)4/h5-15H,1-4H3/b20-18?,21-19-. The first-order valence-corrected chi connectivity index (χ1v) is 9.05. The van der Waals surface area contributed by atoms with E-state index in [0.29, 0.717) is 0 Å². The average molecular weight is 353 g/mol. The van der Waals surface area contributed by atoms with Crippen molar-refractivity contribution in [3.8, 4) is 5.69 Å². The fraction of sp³-hybridized carbons (Fsp3) is 0.263. The number of benzene rings is 2. The molecule has 0 aliphatic heterocycles. The molecule has 0 radical (unpaired) electrons. The highest BCUT2D eigenvalue weighted by atomic mass is 32.1. The van der Waals surface area contributed by atoms with E-state index in [9.17, 15) is 0 Å². The summed E-state index contributed by atoms with van der Waals surface area (Å²) in [6.07, 6.45) is 0. The second-order valence-corrected chi connectivity index (χ2v) is 7.10. The van der Waals surface area contributed by atoms with Crippen LogP contribution < -0.4 is 10.4 Å². The molecular formula is C19H23N5S. The molecule has 0 spiro atoms. The van der Waals surface area contributed by atoms with E-state index < -0.39 is 0 Å². The second-order valence-electron chi connectivity index (χ2n) is 6.16. The van der Waals surface area contributed by atoms with Crippen LogP contribution in [0, 0.1) is 0 Å². The molecule has 1 heterocycles. The van der Waals surface area contributed by atoms with Crippen LogP contribution in [-0.2, 0) is 0 Å². The van der Waals surface area contributed by atoms with Gasteiger partial charge in [0, 0.05) is 20.1 Å². The molecular weight excluding hydrogens is 330 g/mol. The van der Waals surface area contributed by atoms with Gasteiger partial charge in [0.05, 0.1) is 11.4 Å². The molecule has 0 atom stereocenters. The molecule has 0 bridgehead atoms. The van der Waals surface area contributed by atoms with Crippen LogP contribution in [0.5, 0.6) is 0 Å². The van der Waals surface area contributed by atoms with Crippen LogP contribution in [0.2, 0.25) is 0 Å². The van der Waals surface area contributed by atoms with Crippen molar-refractivity contribution in [3.63, 3.8) is 0 Å². The molecule has 3 aromatic rings. The van der Waals surface area contributed by atoms with Crippen molar-refractivity contribution in [2.75, 3.05) is 14.1 Å². The smallest absolute Gasteiger partial charge is 0.231 e. The van der Waals surface area contributed by atoms with Crippen LogP contribution >= 0.6 is 11.5 Å². The normalized spacial score (nSPS) is 12.8. The van der Waals surface area contributed by atoms with Crippen LogP contribution in [0.1, 0.15) is 19.9 Å². The third kappa shape index (κ3) is 3.91. The monoisotopic (exact) mass is 353 g/mol. The van der Waals surface area contributed by atoms with E-state index in [1.807, 2.05) is 67.6 Å². The van der Waals surface area contributed by atoms with Gasteiger partial charge in [0.25, 0.3) is 0 Å². The molecule has 0 saturated heterocycles. The number of aromatic nitrogens is 2. The summed E-state index contributed by atoms with van der Waals surface area (Å²) >= 11 is 1.61. The Balaban J connectivity index is 2.39. The van der Waals surface area contributed by atoms with Gasteiger partial charge in [-0.25, -0.2) is 4.99 Å². The van der Waals surface area contributed by atoms with Gasteiger partial charge in [-0.3, -0.25) is 8.52 Å². The second kappa shape index (κ2) is 7.53. The zero-order valence-electron chi connectivity index (χ0n) is 15.0. The minimum Gasteiger partial charge on any atom is -0.300 e. The summed E-state index contributed by atoms with van der Waals surface area (Å²) < 4.78 is 4.31. The highest BCUT2D eigenvalue weighted by Gasteiger charge is 2.12. The topological polar surface area (TPSA) is 37.8 Å². The minimum absolute atomic E-state index is 0.286. The lowest BCUT2D eigenvalue weighted by molar-refractivity contribution is 0.417. The molecule has 0 N–H and O–H groups in total. The van der Waals surface area contributed by atoms with Crippen molar-refractivity contribution < 1.29 is 0 Å². The summed E-state index contributed by atoms with van der Waals surface area (Å²) in [6.45, 7) is 4.32. The van der Waals surface area contributed by atoms with E-state index in [-0.39, 0.29) is 6.04 Å². The van der Waals surface area contributed by atoms with Crippen molar-refractivity contribution >= 4 is 17.2 Å². The van der Waals surface area contributed by atoms with Crippen molar-refractivity contribution in [3.05, 3.63) is 71.1 Å². The van der Waals surface area contributed by atoms with E-state index in [0.717, 1.165) is 21.8 Å². The van der Waals surface area contributed by atoms with Crippen molar-refractivity contribution in [1.29, 1.82) is 0 Å². The van der Waals surface area contributed by atoms with Gasteiger partial charge in [0.15, 0.2) is 0 Å². The maximum Gasteiger partial charge on any atom is 0.231 e. The van der Waals surface area contributed by atoms with Crippen LogP contribution in [-0.4, -0.2) is 27.6 Å². The Morgan fingerprint density at radius 1 is 0.920 bits per heavy atom. The Hall–Kier alpha value is -2.60. The number of nitrogens with zero attached hydrogens (tertiary/aromatic N) is 5. The molecule has 0 fully saturated rings. The molecule has 0 aliphatic rings. The van der Waals surface area contributed by atoms with Crippen molar-refractivity contribution in [1.82, 2.24) is 13.5 Å². The largest absolute Gasteiger partial charge is 0.300 e. The molecule has 0 saturated carbocycles. The minimum atomic E-state index is 0.286. The summed E-state index contributed by atoms with van der Waals surface area (Å²) in [7, 11) is 3.87. The molecule has 0 amide bonds. The Kier molecular flexibility index (Phi) is 5.19. The van der Waals surface area contributed by atoms with E-state index in [2.05, 4.69) is 39.6 Å².